The lowest BCUT2D eigenvalue weighted by Crippen LogP contribution is -2.31. The molecule has 1 amide bonds. The Labute approximate surface area is 191 Å². The Morgan fingerprint density at radius 1 is 1.03 bits per heavy atom. The van der Waals surface area contributed by atoms with Crippen LogP contribution in [0.15, 0.2) is 47.5 Å². The van der Waals surface area contributed by atoms with Gasteiger partial charge >= 0.3 is 0 Å². The molecule has 7 nitrogen and oxygen atoms in total. The van der Waals surface area contributed by atoms with Crippen LogP contribution in [-0.4, -0.2) is 42.8 Å². The van der Waals surface area contributed by atoms with Crippen molar-refractivity contribution < 1.29 is 17.9 Å². The van der Waals surface area contributed by atoms with E-state index in [0.29, 0.717) is 43.3 Å². The normalized spacial score (nSPS) is 15.3. The maximum atomic E-state index is 12.9. The van der Waals surface area contributed by atoms with Gasteiger partial charge in [-0.05, 0) is 56.4 Å². The van der Waals surface area contributed by atoms with Crippen LogP contribution in [0.2, 0.25) is 0 Å². The average molecular weight is 460 g/mol. The second-order valence-corrected chi connectivity index (χ2v) is 10.3. The van der Waals surface area contributed by atoms with Crippen LogP contribution in [0, 0.1) is 0 Å². The molecular weight excluding hydrogens is 426 g/mol. The third kappa shape index (κ3) is 7.03. The summed E-state index contributed by atoms with van der Waals surface area (Å²) in [7, 11) is -3.44. The summed E-state index contributed by atoms with van der Waals surface area (Å²) in [4.78, 5) is 16.8. The van der Waals surface area contributed by atoms with Crippen LogP contribution in [0.1, 0.15) is 57.1 Å². The molecule has 0 unspecified atom stereocenters. The first kappa shape index (κ1) is 24.2. The smallest absolute Gasteiger partial charge is 0.243 e. The molecule has 1 aliphatic heterocycles. The van der Waals surface area contributed by atoms with Gasteiger partial charge in [-0.3, -0.25) is 4.79 Å². The quantitative estimate of drug-likeness (QED) is 0.618. The minimum Gasteiger partial charge on any atom is -0.475 e. The van der Waals surface area contributed by atoms with Gasteiger partial charge in [0.2, 0.25) is 21.8 Å². The Bertz CT molecular complexity index is 965. The highest BCUT2D eigenvalue weighted by Crippen LogP contribution is 2.21. The first-order chi connectivity index (χ1) is 15.3. The number of sulfonamides is 1. The number of carbonyl (C=O) groups is 1. The van der Waals surface area contributed by atoms with Crippen molar-refractivity contribution >= 4 is 15.9 Å². The molecule has 8 heteroatoms. The predicted molar refractivity (Wildman–Crippen MR) is 124 cm³/mol. The molecule has 2 heterocycles. The lowest BCUT2D eigenvalue weighted by atomic mass is 10.1. The van der Waals surface area contributed by atoms with Crippen LogP contribution in [0.5, 0.6) is 5.88 Å². The number of carbonyl (C=O) groups excluding carboxylic acids is 1. The fourth-order valence-electron chi connectivity index (χ4n) is 3.63. The summed E-state index contributed by atoms with van der Waals surface area (Å²) < 4.78 is 32.8. The van der Waals surface area contributed by atoms with Crippen LogP contribution in [0.3, 0.4) is 0 Å². The molecule has 0 saturated carbocycles. The van der Waals surface area contributed by atoms with Crippen molar-refractivity contribution in [2.75, 3.05) is 13.1 Å². The lowest BCUT2D eigenvalue weighted by molar-refractivity contribution is -0.121. The molecule has 1 aromatic heterocycles. The second-order valence-electron chi connectivity index (χ2n) is 8.41. The SMILES string of the molecule is CC(C)Oc1ccc(CNC(=O)CCc2ccc(S(=O)(=O)N3CCCCCC3)cc2)cn1. The molecule has 0 atom stereocenters. The zero-order chi connectivity index (χ0) is 23.0. The van der Waals surface area contributed by atoms with Gasteiger partial charge < -0.3 is 10.1 Å². The average Bonchev–Trinajstić information content (AvgIpc) is 3.07. The molecule has 1 N–H and O–H groups in total. The van der Waals surface area contributed by atoms with Crippen LogP contribution >= 0.6 is 0 Å². The van der Waals surface area contributed by atoms with Gasteiger partial charge in [0.1, 0.15) is 0 Å². The third-order valence-corrected chi connectivity index (χ3v) is 7.32. The molecule has 1 fully saturated rings. The van der Waals surface area contributed by atoms with Crippen LogP contribution < -0.4 is 10.1 Å². The molecular formula is C24H33N3O4S. The zero-order valence-electron chi connectivity index (χ0n) is 18.9. The van der Waals surface area contributed by atoms with E-state index in [1.54, 1.807) is 40.8 Å². The maximum absolute atomic E-state index is 12.9. The van der Waals surface area contributed by atoms with Crippen molar-refractivity contribution in [3.63, 3.8) is 0 Å². The number of ether oxygens (including phenoxy) is 1. The fraction of sp³-hybridized carbons (Fsp3) is 0.500. The number of aryl methyl sites for hydroxylation is 1. The summed E-state index contributed by atoms with van der Waals surface area (Å²) in [6.45, 7) is 5.47. The molecule has 174 valence electrons. The highest BCUT2D eigenvalue weighted by atomic mass is 32.2. The molecule has 0 aliphatic carbocycles. The van der Waals surface area contributed by atoms with E-state index in [9.17, 15) is 13.2 Å². The van der Waals surface area contributed by atoms with Crippen molar-refractivity contribution in [2.45, 2.75) is 69.9 Å². The van der Waals surface area contributed by atoms with Crippen molar-refractivity contribution in [3.05, 3.63) is 53.7 Å². The molecule has 3 rings (SSSR count). The Hall–Kier alpha value is -2.45. The molecule has 32 heavy (non-hydrogen) atoms. The number of aromatic nitrogens is 1. The van der Waals surface area contributed by atoms with Gasteiger partial charge in [-0.1, -0.05) is 31.0 Å². The molecule has 0 spiro atoms. The summed E-state index contributed by atoms with van der Waals surface area (Å²) in [6, 6.07) is 10.6. The topological polar surface area (TPSA) is 88.6 Å². The van der Waals surface area contributed by atoms with Crippen molar-refractivity contribution in [3.8, 4) is 5.88 Å². The number of benzene rings is 1. The first-order valence-electron chi connectivity index (χ1n) is 11.3. The van der Waals surface area contributed by atoms with E-state index in [2.05, 4.69) is 10.3 Å². The van der Waals surface area contributed by atoms with E-state index in [1.165, 1.54) is 0 Å². The number of nitrogens with one attached hydrogen (secondary N) is 1. The summed E-state index contributed by atoms with van der Waals surface area (Å²) in [5, 5.41) is 2.89. The van der Waals surface area contributed by atoms with E-state index in [-0.39, 0.29) is 12.0 Å². The van der Waals surface area contributed by atoms with Crippen LogP contribution in [0.4, 0.5) is 0 Å². The molecule has 2 aromatic rings. The van der Waals surface area contributed by atoms with Gasteiger partial charge in [0.05, 0.1) is 11.0 Å². The highest BCUT2D eigenvalue weighted by Gasteiger charge is 2.24. The van der Waals surface area contributed by atoms with E-state index in [4.69, 9.17) is 4.74 Å². The summed E-state index contributed by atoms with van der Waals surface area (Å²) in [5.41, 5.74) is 1.84. The minimum atomic E-state index is -3.44. The lowest BCUT2D eigenvalue weighted by Gasteiger charge is -2.20. The van der Waals surface area contributed by atoms with Crippen molar-refractivity contribution in [1.82, 2.24) is 14.6 Å². The second kappa shape index (κ2) is 11.4. The van der Waals surface area contributed by atoms with E-state index < -0.39 is 10.0 Å². The third-order valence-electron chi connectivity index (χ3n) is 5.41. The number of pyridine rings is 1. The Balaban J connectivity index is 1.46. The number of rotatable bonds is 9. The number of amides is 1. The Morgan fingerprint density at radius 3 is 2.28 bits per heavy atom. The highest BCUT2D eigenvalue weighted by molar-refractivity contribution is 7.89. The first-order valence-corrected chi connectivity index (χ1v) is 12.8. The van der Waals surface area contributed by atoms with Crippen molar-refractivity contribution in [2.24, 2.45) is 0 Å². The fourth-order valence-corrected chi connectivity index (χ4v) is 5.15. The zero-order valence-corrected chi connectivity index (χ0v) is 19.7. The maximum Gasteiger partial charge on any atom is 0.243 e. The molecule has 1 aromatic carbocycles. The van der Waals surface area contributed by atoms with Gasteiger partial charge in [0.25, 0.3) is 0 Å². The van der Waals surface area contributed by atoms with Gasteiger partial charge in [0.15, 0.2) is 0 Å². The summed E-state index contributed by atoms with van der Waals surface area (Å²) >= 11 is 0. The number of hydrogen-bond acceptors (Lipinski definition) is 5. The summed E-state index contributed by atoms with van der Waals surface area (Å²) in [5.74, 6) is 0.505. The van der Waals surface area contributed by atoms with E-state index in [1.807, 2.05) is 19.9 Å². The van der Waals surface area contributed by atoms with Gasteiger partial charge in [-0.2, -0.15) is 4.31 Å². The monoisotopic (exact) mass is 459 g/mol. The Kier molecular flexibility index (Phi) is 8.64. The molecule has 1 aliphatic rings. The van der Waals surface area contributed by atoms with E-state index in [0.717, 1.165) is 36.8 Å². The number of hydrogen-bond donors (Lipinski definition) is 1. The standard InChI is InChI=1S/C24H33N3O4S/c1-19(2)31-24-14-10-21(18-26-24)17-25-23(28)13-9-20-7-11-22(12-8-20)32(29,30)27-15-5-3-4-6-16-27/h7-8,10-12,14,18-19H,3-6,9,13,15-17H2,1-2H3,(H,25,28). The van der Waals surface area contributed by atoms with Crippen molar-refractivity contribution in [1.29, 1.82) is 0 Å². The van der Waals surface area contributed by atoms with Gasteiger partial charge in [-0.25, -0.2) is 13.4 Å². The van der Waals surface area contributed by atoms with E-state index >= 15 is 0 Å². The van der Waals surface area contributed by atoms with Gasteiger partial charge in [0, 0.05) is 38.3 Å². The van der Waals surface area contributed by atoms with Crippen LogP contribution in [0.25, 0.3) is 0 Å². The van der Waals surface area contributed by atoms with Gasteiger partial charge in [-0.15, -0.1) is 0 Å². The molecule has 1 saturated heterocycles. The largest absolute Gasteiger partial charge is 0.475 e. The summed E-state index contributed by atoms with van der Waals surface area (Å²) in [6.07, 6.45) is 6.65. The van der Waals surface area contributed by atoms with Crippen LogP contribution in [-0.2, 0) is 27.8 Å². The number of nitrogens with zero attached hydrogens (tertiary/aromatic N) is 2. The minimum absolute atomic E-state index is 0.0613. The Morgan fingerprint density at radius 2 is 1.69 bits per heavy atom. The predicted octanol–water partition coefficient (Wildman–Crippen LogP) is 3.68. The molecule has 0 radical (unpaired) electrons. The molecule has 0 bridgehead atoms.